The maximum absolute atomic E-state index is 11.9. The Morgan fingerprint density at radius 2 is 1.77 bits per heavy atom. The monoisotopic (exact) mass is 300 g/mol. The van der Waals surface area contributed by atoms with E-state index < -0.39 is 0 Å². The van der Waals surface area contributed by atoms with Crippen molar-refractivity contribution in [1.82, 2.24) is 5.32 Å². The summed E-state index contributed by atoms with van der Waals surface area (Å²) in [5.41, 5.74) is 2.25. The second kappa shape index (κ2) is 6.51. The highest BCUT2D eigenvalue weighted by atomic mass is 16.2. The number of amides is 2. The Hall–Kier alpha value is -1.84. The van der Waals surface area contributed by atoms with Crippen LogP contribution in [0, 0.1) is 5.92 Å². The van der Waals surface area contributed by atoms with E-state index in [4.69, 9.17) is 0 Å². The summed E-state index contributed by atoms with van der Waals surface area (Å²) in [4.78, 5) is 25.6. The summed E-state index contributed by atoms with van der Waals surface area (Å²) < 4.78 is 0. The average Bonchev–Trinajstić information content (AvgIpc) is 2.55. The molecule has 1 aromatic rings. The van der Waals surface area contributed by atoms with Gasteiger partial charge in [-0.25, -0.2) is 0 Å². The fourth-order valence-corrected chi connectivity index (χ4v) is 3.53. The first-order valence-corrected chi connectivity index (χ1v) is 8.36. The Kier molecular flexibility index (Phi) is 4.46. The highest BCUT2D eigenvalue weighted by molar-refractivity contribution is 6.00. The molecule has 1 atom stereocenters. The largest absolute Gasteiger partial charge is 0.372 e. The van der Waals surface area contributed by atoms with Crippen LogP contribution in [0.2, 0.25) is 0 Å². The number of benzene rings is 1. The van der Waals surface area contributed by atoms with E-state index >= 15 is 0 Å². The topological polar surface area (TPSA) is 49.4 Å². The molecule has 0 saturated carbocycles. The lowest BCUT2D eigenvalue weighted by atomic mass is 9.90. The number of piperidine rings is 2. The van der Waals surface area contributed by atoms with Crippen molar-refractivity contribution in [1.29, 1.82) is 0 Å². The maximum Gasteiger partial charge on any atom is 0.234 e. The minimum Gasteiger partial charge on any atom is -0.372 e. The van der Waals surface area contributed by atoms with Crippen molar-refractivity contribution < 1.29 is 9.59 Å². The van der Waals surface area contributed by atoms with Gasteiger partial charge in [-0.1, -0.05) is 25.5 Å². The first-order valence-electron chi connectivity index (χ1n) is 8.36. The molecule has 0 spiro atoms. The summed E-state index contributed by atoms with van der Waals surface area (Å²) in [5.74, 6) is 0.376. The fourth-order valence-electron chi connectivity index (χ4n) is 3.53. The SMILES string of the molecule is CCC1CCN(c2ccc(C3CCC(=O)NC3=O)cc2)CC1. The molecule has 1 N–H and O–H groups in total. The van der Waals surface area contributed by atoms with Gasteiger partial charge in [-0.2, -0.15) is 0 Å². The van der Waals surface area contributed by atoms with Crippen LogP contribution in [0.15, 0.2) is 24.3 Å². The van der Waals surface area contributed by atoms with Gasteiger partial charge in [0.2, 0.25) is 11.8 Å². The molecule has 1 aromatic carbocycles. The molecule has 4 heteroatoms. The van der Waals surface area contributed by atoms with E-state index in [0.29, 0.717) is 12.8 Å². The number of nitrogens with zero attached hydrogens (tertiary/aromatic N) is 1. The molecule has 2 aliphatic heterocycles. The number of hydrogen-bond acceptors (Lipinski definition) is 3. The van der Waals surface area contributed by atoms with Gasteiger partial charge in [0.15, 0.2) is 0 Å². The van der Waals surface area contributed by atoms with Gasteiger partial charge in [0.05, 0.1) is 5.92 Å². The number of anilines is 1. The molecule has 2 fully saturated rings. The molecule has 0 bridgehead atoms. The van der Waals surface area contributed by atoms with E-state index in [1.54, 1.807) is 0 Å². The van der Waals surface area contributed by atoms with Crippen molar-refractivity contribution in [2.45, 2.75) is 44.9 Å². The van der Waals surface area contributed by atoms with Crippen LogP contribution in [0.4, 0.5) is 5.69 Å². The third kappa shape index (κ3) is 3.16. The first kappa shape index (κ1) is 15.1. The minimum atomic E-state index is -0.183. The standard InChI is InChI=1S/C18H24N2O2/c1-2-13-9-11-20(12-10-13)15-5-3-14(4-6-15)16-7-8-17(21)19-18(16)22/h3-6,13,16H,2,7-12H2,1H3,(H,19,21,22). The van der Waals surface area contributed by atoms with Gasteiger partial charge in [0.25, 0.3) is 0 Å². The van der Waals surface area contributed by atoms with Crippen molar-refractivity contribution >= 4 is 17.5 Å². The number of imide groups is 1. The van der Waals surface area contributed by atoms with E-state index in [1.165, 1.54) is 24.9 Å². The molecule has 2 heterocycles. The summed E-state index contributed by atoms with van der Waals surface area (Å²) >= 11 is 0. The predicted octanol–water partition coefficient (Wildman–Crippen LogP) is 2.83. The van der Waals surface area contributed by atoms with E-state index in [-0.39, 0.29) is 17.7 Å². The number of nitrogens with one attached hydrogen (secondary N) is 1. The number of carbonyl (C=O) groups excluding carboxylic acids is 2. The fraction of sp³-hybridized carbons (Fsp3) is 0.556. The minimum absolute atomic E-state index is 0.156. The molecular formula is C18H24N2O2. The third-order valence-electron chi connectivity index (χ3n) is 5.09. The van der Waals surface area contributed by atoms with Crippen LogP contribution in [0.3, 0.4) is 0 Å². The van der Waals surface area contributed by atoms with E-state index in [0.717, 1.165) is 24.6 Å². The van der Waals surface area contributed by atoms with Gasteiger partial charge in [-0.3, -0.25) is 14.9 Å². The van der Waals surface area contributed by atoms with Crippen LogP contribution in [-0.2, 0) is 9.59 Å². The van der Waals surface area contributed by atoms with E-state index in [2.05, 4.69) is 29.3 Å². The Morgan fingerprint density at radius 1 is 1.09 bits per heavy atom. The summed E-state index contributed by atoms with van der Waals surface area (Å²) in [6, 6.07) is 8.32. The van der Waals surface area contributed by atoms with Crippen LogP contribution in [0.25, 0.3) is 0 Å². The zero-order valence-electron chi connectivity index (χ0n) is 13.2. The molecule has 22 heavy (non-hydrogen) atoms. The van der Waals surface area contributed by atoms with Crippen molar-refractivity contribution in [2.24, 2.45) is 5.92 Å². The smallest absolute Gasteiger partial charge is 0.234 e. The van der Waals surface area contributed by atoms with Crippen molar-refractivity contribution in [3.05, 3.63) is 29.8 Å². The summed E-state index contributed by atoms with van der Waals surface area (Å²) in [6.45, 7) is 4.52. The van der Waals surface area contributed by atoms with Crippen LogP contribution in [-0.4, -0.2) is 24.9 Å². The number of carbonyl (C=O) groups is 2. The molecule has 2 aliphatic rings. The van der Waals surface area contributed by atoms with Crippen molar-refractivity contribution in [3.8, 4) is 0 Å². The molecule has 2 amide bonds. The highest BCUT2D eigenvalue weighted by Gasteiger charge is 2.28. The van der Waals surface area contributed by atoms with E-state index in [9.17, 15) is 9.59 Å². The Bertz CT molecular complexity index is 545. The Morgan fingerprint density at radius 3 is 2.36 bits per heavy atom. The summed E-state index contributed by atoms with van der Waals surface area (Å²) in [7, 11) is 0. The molecule has 1 unspecified atom stereocenters. The molecule has 0 aliphatic carbocycles. The molecule has 4 nitrogen and oxygen atoms in total. The zero-order chi connectivity index (χ0) is 15.5. The normalized spacial score (nSPS) is 23.5. The molecule has 118 valence electrons. The van der Waals surface area contributed by atoms with Crippen molar-refractivity contribution in [2.75, 3.05) is 18.0 Å². The average molecular weight is 300 g/mol. The first-order chi connectivity index (χ1) is 10.7. The Labute approximate surface area is 131 Å². The van der Waals surface area contributed by atoms with E-state index in [1.807, 2.05) is 12.1 Å². The van der Waals surface area contributed by atoms with Crippen LogP contribution in [0.1, 0.15) is 50.5 Å². The quantitative estimate of drug-likeness (QED) is 0.873. The van der Waals surface area contributed by atoms with Crippen molar-refractivity contribution in [3.63, 3.8) is 0 Å². The maximum atomic E-state index is 11.9. The third-order valence-corrected chi connectivity index (χ3v) is 5.09. The van der Waals surface area contributed by atoms with Gasteiger partial charge >= 0.3 is 0 Å². The lowest BCUT2D eigenvalue weighted by Crippen LogP contribution is -2.39. The predicted molar refractivity (Wildman–Crippen MR) is 86.8 cm³/mol. The molecular weight excluding hydrogens is 276 g/mol. The van der Waals surface area contributed by atoms with Crippen LogP contribution < -0.4 is 10.2 Å². The molecule has 0 aromatic heterocycles. The summed E-state index contributed by atoms with van der Waals surface area (Å²) in [5, 5.41) is 2.43. The molecule has 0 radical (unpaired) electrons. The second-order valence-electron chi connectivity index (χ2n) is 6.43. The lowest BCUT2D eigenvalue weighted by molar-refractivity contribution is -0.134. The van der Waals surface area contributed by atoms with Gasteiger partial charge in [0, 0.05) is 25.2 Å². The lowest BCUT2D eigenvalue weighted by Gasteiger charge is -2.33. The molecule has 2 saturated heterocycles. The van der Waals surface area contributed by atoms with Gasteiger partial charge in [0.1, 0.15) is 0 Å². The van der Waals surface area contributed by atoms with Crippen LogP contribution in [0.5, 0.6) is 0 Å². The van der Waals surface area contributed by atoms with Crippen LogP contribution >= 0.6 is 0 Å². The van der Waals surface area contributed by atoms with Gasteiger partial charge in [-0.05, 0) is 42.9 Å². The molecule has 3 rings (SSSR count). The second-order valence-corrected chi connectivity index (χ2v) is 6.43. The number of hydrogen-bond donors (Lipinski definition) is 1. The Balaban J connectivity index is 1.65. The number of rotatable bonds is 3. The van der Waals surface area contributed by atoms with Gasteiger partial charge in [-0.15, -0.1) is 0 Å². The highest BCUT2D eigenvalue weighted by Crippen LogP contribution is 2.29. The summed E-state index contributed by atoms with van der Waals surface area (Å²) in [6.07, 6.45) is 4.87. The zero-order valence-corrected chi connectivity index (χ0v) is 13.2. The van der Waals surface area contributed by atoms with Gasteiger partial charge < -0.3 is 4.90 Å².